The topological polar surface area (TPSA) is 276 Å². The Morgan fingerprint density at radius 1 is 0.594 bits per heavy atom. The summed E-state index contributed by atoms with van der Waals surface area (Å²) < 4.78 is 24.5. The maximum absolute atomic E-state index is 14.1. The zero-order valence-electron chi connectivity index (χ0n) is 64.2. The third-order valence-electron chi connectivity index (χ3n) is 18.5. The average Bonchev–Trinajstić information content (AvgIpc) is 1.29. The lowest BCUT2D eigenvalue weighted by Gasteiger charge is -2.41. The van der Waals surface area contributed by atoms with Gasteiger partial charge in [-0.25, -0.2) is 4.58 Å². The molecule has 0 aliphatic carbocycles. The highest BCUT2D eigenvalue weighted by atomic mass is 35.5. The molecule has 96 heavy (non-hydrogen) atoms. The number of hydrogen-bond donors (Lipinski definition) is 6. The number of nitrogens with one attached hydrogen (secondary N) is 5. The molecule has 7 amide bonds. The van der Waals surface area contributed by atoms with Crippen molar-refractivity contribution in [2.45, 2.75) is 221 Å². The molecule has 0 aromatic carbocycles. The van der Waals surface area contributed by atoms with Crippen molar-refractivity contribution in [3.8, 4) is 0 Å². The molecular weight excluding hydrogens is 1280 g/mol. The van der Waals surface area contributed by atoms with Gasteiger partial charge in [-0.3, -0.25) is 53.1 Å². The predicted octanol–water partition coefficient (Wildman–Crippen LogP) is 5.57. The van der Waals surface area contributed by atoms with E-state index in [1.54, 1.807) is 49.8 Å². The summed E-state index contributed by atoms with van der Waals surface area (Å²) in [6.07, 6.45) is 3.44. The van der Waals surface area contributed by atoms with Crippen LogP contribution in [-0.2, 0) is 57.3 Å². The third kappa shape index (κ3) is 31.1. The molecule has 27 heteroatoms. The SMILES string of the molecule is C=[N+](C)CNC(=O)[C@H](C)[C@@H](OC)[C@@H]1CCCN1.CC[C@H](C)[C@H]([C@@H](CC(=O)N1CCC[C@@H]1[C@H](OC)[C@@H](C)C(=O)NCN(C)C)OC)N(C)C(=O)[C@H](NC(=O)[C@@H](C(C)C)N(C)C)C(C)C.CC[C@H](C)[C@H]([C@@H](CC(=O)O)OC)N(C)C(=O)[C@H](NC(=O)[C@@H](C(C)C)N(C)C)C(C)C.ClCCl. The summed E-state index contributed by atoms with van der Waals surface area (Å²) in [6.45, 7) is 33.5. The summed E-state index contributed by atoms with van der Waals surface area (Å²) in [5.74, 6) is -2.69. The fourth-order valence-electron chi connectivity index (χ4n) is 13.0. The number of ether oxygens (including phenoxy) is 4. The lowest BCUT2D eigenvalue weighted by atomic mass is 9.89. The molecule has 6 N–H and O–H groups in total. The van der Waals surface area contributed by atoms with E-state index in [9.17, 15) is 43.5 Å². The number of hydrogen-bond acceptors (Lipinski definition) is 16. The van der Waals surface area contributed by atoms with Crippen molar-refractivity contribution in [3.63, 3.8) is 0 Å². The van der Waals surface area contributed by atoms with Gasteiger partial charge in [0.15, 0.2) is 0 Å². The second-order valence-electron chi connectivity index (χ2n) is 28.2. The van der Waals surface area contributed by atoms with Crippen LogP contribution in [0.4, 0.5) is 0 Å². The maximum Gasteiger partial charge on any atom is 0.306 e. The molecule has 0 radical (unpaired) electrons. The van der Waals surface area contributed by atoms with E-state index in [4.69, 9.17) is 42.1 Å². The Balaban J connectivity index is 0. The molecule has 0 aromatic heterocycles. The fraction of sp³-hybridized carbons (Fsp3) is 0.870. The zero-order chi connectivity index (χ0) is 74.8. The van der Waals surface area contributed by atoms with Gasteiger partial charge in [-0.1, -0.05) is 110 Å². The molecule has 2 aliphatic rings. The summed E-state index contributed by atoms with van der Waals surface area (Å²) in [5.41, 5.74) is 0. The van der Waals surface area contributed by atoms with E-state index in [-0.39, 0.29) is 125 Å². The molecule has 0 bridgehead atoms. The number of carboxylic acids is 1. The van der Waals surface area contributed by atoms with Gasteiger partial charge in [-0.2, -0.15) is 0 Å². The molecular formula is C69H135Cl2N12O13+. The Morgan fingerprint density at radius 3 is 1.32 bits per heavy atom. The minimum atomic E-state index is -0.976. The Morgan fingerprint density at radius 2 is 1.00 bits per heavy atom. The van der Waals surface area contributed by atoms with E-state index in [0.717, 1.165) is 45.1 Å². The lowest BCUT2D eigenvalue weighted by molar-refractivity contribution is -0.491. The fourth-order valence-corrected chi connectivity index (χ4v) is 13.0. The van der Waals surface area contributed by atoms with E-state index in [1.165, 1.54) is 7.11 Å². The minimum absolute atomic E-state index is 0.0149. The molecule has 16 atom stereocenters. The quantitative estimate of drug-likeness (QED) is 0.0191. The number of methoxy groups -OCH3 is 4. The first-order chi connectivity index (χ1) is 44.7. The van der Waals surface area contributed by atoms with Crippen molar-refractivity contribution in [1.82, 2.24) is 56.0 Å². The first-order valence-corrected chi connectivity index (χ1v) is 35.4. The normalized spacial score (nSPS) is 19.1. The first-order valence-electron chi connectivity index (χ1n) is 34.4. The average molecular weight is 1410 g/mol. The second kappa shape index (κ2) is 48.5. The Kier molecular flexibility index (Phi) is 47.3. The van der Waals surface area contributed by atoms with Gasteiger partial charge in [0.1, 0.15) is 25.8 Å². The maximum atomic E-state index is 14.1. The van der Waals surface area contributed by atoms with Crippen LogP contribution in [-0.4, -0.2) is 290 Å². The summed E-state index contributed by atoms with van der Waals surface area (Å²) >= 11 is 9.53. The van der Waals surface area contributed by atoms with Crippen molar-refractivity contribution in [2.24, 2.45) is 47.3 Å². The Hall–Kier alpha value is -4.31. The first kappa shape index (κ1) is 93.7. The lowest BCUT2D eigenvalue weighted by Crippen LogP contribution is -2.59. The van der Waals surface area contributed by atoms with Gasteiger partial charge in [0.25, 0.3) is 0 Å². The molecule has 562 valence electrons. The third-order valence-corrected chi connectivity index (χ3v) is 18.5. The van der Waals surface area contributed by atoms with Crippen LogP contribution in [0.25, 0.3) is 0 Å². The van der Waals surface area contributed by atoms with Gasteiger partial charge in [0.2, 0.25) is 48.0 Å². The molecule has 2 aliphatic heterocycles. The van der Waals surface area contributed by atoms with Crippen molar-refractivity contribution < 1.29 is 67.0 Å². The highest BCUT2D eigenvalue weighted by Gasteiger charge is 2.44. The van der Waals surface area contributed by atoms with Crippen molar-refractivity contribution in [3.05, 3.63) is 0 Å². The predicted molar refractivity (Wildman–Crippen MR) is 384 cm³/mol. The summed E-state index contributed by atoms with van der Waals surface area (Å²) in [4.78, 5) is 115. The van der Waals surface area contributed by atoms with Crippen LogP contribution in [0.15, 0.2) is 0 Å². The molecule has 0 aromatic rings. The molecule has 0 spiro atoms. The number of likely N-dealkylation sites (N-methyl/N-ethyl adjacent to an activating group) is 4. The molecule has 2 saturated heterocycles. The number of rotatable bonds is 38. The number of likely N-dealkylation sites (tertiary alicyclic amines) is 1. The van der Waals surface area contributed by atoms with E-state index in [2.05, 4.69) is 47.1 Å². The number of halogens is 2. The van der Waals surface area contributed by atoms with Gasteiger partial charge < -0.3 is 65.3 Å². The highest BCUT2D eigenvalue weighted by molar-refractivity contribution is 6.40. The summed E-state index contributed by atoms with van der Waals surface area (Å²) in [6, 6.07) is -2.96. The van der Waals surface area contributed by atoms with Gasteiger partial charge in [-0.15, -0.1) is 23.2 Å². The smallest absolute Gasteiger partial charge is 0.306 e. The summed E-state index contributed by atoms with van der Waals surface area (Å²) in [5, 5.41) is 24.6. The number of aliphatic carboxylic acids is 1. The van der Waals surface area contributed by atoms with Crippen LogP contribution in [0, 0.1) is 47.3 Å². The number of amides is 7. The van der Waals surface area contributed by atoms with Crippen LogP contribution in [0.5, 0.6) is 0 Å². The molecule has 25 nitrogen and oxygen atoms in total. The number of carbonyl (C=O) groups is 8. The Bertz CT molecular complexity index is 2280. The van der Waals surface area contributed by atoms with Crippen LogP contribution >= 0.6 is 23.2 Å². The molecule has 2 rings (SSSR count). The van der Waals surface area contributed by atoms with E-state index < -0.39 is 54.4 Å². The summed E-state index contributed by atoms with van der Waals surface area (Å²) in [7, 11) is 22.7. The minimum Gasteiger partial charge on any atom is -0.481 e. The van der Waals surface area contributed by atoms with Gasteiger partial charge >= 0.3 is 5.97 Å². The van der Waals surface area contributed by atoms with E-state index >= 15 is 0 Å². The zero-order valence-corrected chi connectivity index (χ0v) is 65.7. The van der Waals surface area contributed by atoms with Crippen LogP contribution in [0.3, 0.4) is 0 Å². The largest absolute Gasteiger partial charge is 0.481 e. The number of alkyl halides is 2. The van der Waals surface area contributed by atoms with Gasteiger partial charge in [0, 0.05) is 55.1 Å². The van der Waals surface area contributed by atoms with Crippen molar-refractivity contribution in [1.29, 1.82) is 0 Å². The highest BCUT2D eigenvalue weighted by Crippen LogP contribution is 2.31. The number of carbonyl (C=O) groups excluding carboxylic acids is 7. The monoisotopic (exact) mass is 1410 g/mol. The van der Waals surface area contributed by atoms with Crippen LogP contribution in [0.1, 0.15) is 148 Å². The Labute approximate surface area is 589 Å². The molecule has 2 fully saturated rings. The molecule has 0 saturated carbocycles. The number of carboxylic acid groups (broad SMARTS) is 1. The van der Waals surface area contributed by atoms with Crippen LogP contribution < -0.4 is 26.6 Å². The van der Waals surface area contributed by atoms with Gasteiger partial charge in [0.05, 0.1) is 91.3 Å². The molecule has 0 unspecified atom stereocenters. The van der Waals surface area contributed by atoms with Crippen molar-refractivity contribution in [2.75, 3.05) is 124 Å². The van der Waals surface area contributed by atoms with Crippen LogP contribution in [0.2, 0.25) is 0 Å². The second-order valence-corrected chi connectivity index (χ2v) is 29.0. The van der Waals surface area contributed by atoms with Gasteiger partial charge in [-0.05, 0) is 110 Å². The number of nitrogens with zero attached hydrogens (tertiary/aromatic N) is 7. The standard InChI is InChI=1S/C34H66N6O6.C22H43N3O5.C12H23N3O2.CH2Cl2/c1-15-23(6)30(39(12)34(44)28(21(2)3)36-33(43)29(22(4)5)38(10)11)26(45-13)19-27(41)40-18-16-17-25(40)31(46-14)24(7)32(42)35-20-37(8)9;1-11-15(6)20(16(30-10)12-17(26)27)25(9)22(29)18(13(2)3)23-21(28)19(14(4)5)24(7)8;1-9(12(16)14-8-15(2)3)11(17-4)10-6-5-7-13-10;2-1-3/h21-26,28-31H,15-20H2,1-14H3,(H,35,42)(H,36,43);13-16,18-20H,11-12H2,1-10H3,(H,23,28)(H,26,27);9-11,13H,2,5-8H2,1,3-4H3;1H2/p+1/t23-,24+,25+,26+,28+,29+,30+,31+;15-,16+,18+,19+,20+;9-,10+,11-;/m001./s1. The van der Waals surface area contributed by atoms with E-state index in [0.29, 0.717) is 25.9 Å². The van der Waals surface area contributed by atoms with E-state index in [1.807, 2.05) is 152 Å². The van der Waals surface area contributed by atoms with Crippen molar-refractivity contribution >= 4 is 77.2 Å². The molecule has 2 heterocycles.